The van der Waals surface area contributed by atoms with Crippen molar-refractivity contribution < 1.29 is 9.32 Å². The summed E-state index contributed by atoms with van der Waals surface area (Å²) in [5, 5.41) is 8.23. The zero-order chi connectivity index (χ0) is 6.41. The number of rotatable bonds is 4. The van der Waals surface area contributed by atoms with E-state index >= 15 is 0 Å². The minimum Gasteiger partial charge on any atom is -0.395 e. The molecular weight excluding hydrogens is 148 g/mol. The third-order valence-electron chi connectivity index (χ3n) is 0.624. The number of alkyl halides is 1. The topological polar surface area (TPSA) is 37.3 Å². The van der Waals surface area contributed by atoms with Crippen molar-refractivity contribution in [2.24, 2.45) is 0 Å². The van der Waals surface area contributed by atoms with E-state index < -0.39 is 10.8 Å². The first-order valence-electron chi connectivity index (χ1n) is 2.33. The maximum absolute atomic E-state index is 10.5. The molecule has 1 unspecified atom stereocenters. The standard InChI is InChI=1S/C4H9ClO2S/c5-1-3-8(7)4-2-6/h6H,1-4H2. The van der Waals surface area contributed by atoms with Crippen LogP contribution in [0.3, 0.4) is 0 Å². The Morgan fingerprint density at radius 1 is 1.50 bits per heavy atom. The van der Waals surface area contributed by atoms with Gasteiger partial charge in [-0.1, -0.05) is 0 Å². The van der Waals surface area contributed by atoms with E-state index in [9.17, 15) is 4.21 Å². The first kappa shape index (κ1) is 8.40. The lowest BCUT2D eigenvalue weighted by Gasteiger charge is -1.92. The van der Waals surface area contributed by atoms with Crippen molar-refractivity contribution in [3.63, 3.8) is 0 Å². The van der Waals surface area contributed by atoms with Crippen LogP contribution in [0, 0.1) is 0 Å². The molecule has 2 nitrogen and oxygen atoms in total. The lowest BCUT2D eigenvalue weighted by molar-refractivity contribution is 0.321. The zero-order valence-electron chi connectivity index (χ0n) is 4.47. The number of hydrogen-bond acceptors (Lipinski definition) is 2. The van der Waals surface area contributed by atoms with Gasteiger partial charge in [-0.3, -0.25) is 4.21 Å². The van der Waals surface area contributed by atoms with E-state index in [4.69, 9.17) is 16.7 Å². The summed E-state index contributed by atoms with van der Waals surface area (Å²) in [6, 6.07) is 0. The molecule has 50 valence electrons. The van der Waals surface area contributed by atoms with Crippen LogP contribution in [-0.4, -0.2) is 33.3 Å². The van der Waals surface area contributed by atoms with Gasteiger partial charge in [0.15, 0.2) is 0 Å². The molecule has 0 aliphatic heterocycles. The highest BCUT2D eigenvalue weighted by Gasteiger charge is 1.94. The summed E-state index contributed by atoms with van der Waals surface area (Å²) >= 11 is 5.26. The molecule has 8 heavy (non-hydrogen) atoms. The van der Waals surface area contributed by atoms with Gasteiger partial charge in [0.05, 0.1) is 6.61 Å². The second-order valence-electron chi connectivity index (χ2n) is 1.26. The van der Waals surface area contributed by atoms with Gasteiger partial charge in [-0.2, -0.15) is 0 Å². The molecule has 0 fully saturated rings. The molecular formula is C4H9ClO2S. The van der Waals surface area contributed by atoms with Crippen LogP contribution in [-0.2, 0) is 10.8 Å². The minimum atomic E-state index is -0.902. The van der Waals surface area contributed by atoms with Crippen LogP contribution in [0.1, 0.15) is 0 Å². The second-order valence-corrected chi connectivity index (χ2v) is 3.33. The number of aliphatic hydroxyl groups is 1. The van der Waals surface area contributed by atoms with Crippen LogP contribution in [0.4, 0.5) is 0 Å². The fraction of sp³-hybridized carbons (Fsp3) is 1.00. The maximum atomic E-state index is 10.5. The van der Waals surface area contributed by atoms with Gasteiger partial charge in [0, 0.05) is 28.2 Å². The number of hydrogen-bond donors (Lipinski definition) is 1. The Balaban J connectivity index is 3.06. The molecule has 1 N–H and O–H groups in total. The molecule has 0 heterocycles. The van der Waals surface area contributed by atoms with Crippen molar-refractivity contribution in [2.75, 3.05) is 24.0 Å². The van der Waals surface area contributed by atoms with E-state index in [1.807, 2.05) is 0 Å². The van der Waals surface area contributed by atoms with Crippen molar-refractivity contribution in [1.82, 2.24) is 0 Å². The average Bonchev–Trinajstić information content (AvgIpc) is 1.68. The zero-order valence-corrected chi connectivity index (χ0v) is 6.04. The van der Waals surface area contributed by atoms with Crippen LogP contribution >= 0.6 is 11.6 Å². The first-order valence-corrected chi connectivity index (χ1v) is 4.35. The summed E-state index contributed by atoms with van der Waals surface area (Å²) in [7, 11) is -0.902. The molecule has 4 heteroatoms. The normalized spacial score (nSPS) is 13.8. The minimum absolute atomic E-state index is 0.0104. The largest absolute Gasteiger partial charge is 0.395 e. The fourth-order valence-electron chi connectivity index (χ4n) is 0.290. The van der Waals surface area contributed by atoms with E-state index in [0.717, 1.165) is 0 Å². The maximum Gasteiger partial charge on any atom is 0.0546 e. The molecule has 0 spiro atoms. The number of halogens is 1. The fourth-order valence-corrected chi connectivity index (χ4v) is 1.39. The van der Waals surface area contributed by atoms with E-state index in [2.05, 4.69) is 0 Å². The summed E-state index contributed by atoms with van der Waals surface area (Å²) < 4.78 is 10.5. The first-order chi connectivity index (χ1) is 3.81. The van der Waals surface area contributed by atoms with Gasteiger partial charge in [-0.15, -0.1) is 11.6 Å². The summed E-state index contributed by atoms with van der Waals surface area (Å²) in [5.41, 5.74) is 0. The molecule has 0 aliphatic rings. The summed E-state index contributed by atoms with van der Waals surface area (Å²) in [6.07, 6.45) is 0. The van der Waals surface area contributed by atoms with E-state index in [1.165, 1.54) is 0 Å². The average molecular weight is 157 g/mol. The predicted octanol–water partition coefficient (Wildman–Crippen LogP) is -0.0338. The monoisotopic (exact) mass is 156 g/mol. The molecule has 0 radical (unpaired) electrons. The van der Waals surface area contributed by atoms with E-state index in [-0.39, 0.29) is 6.61 Å². The van der Waals surface area contributed by atoms with Gasteiger partial charge in [0.2, 0.25) is 0 Å². The molecule has 0 saturated heterocycles. The van der Waals surface area contributed by atoms with Gasteiger partial charge < -0.3 is 5.11 Å². The van der Waals surface area contributed by atoms with Gasteiger partial charge in [0.1, 0.15) is 0 Å². The highest BCUT2D eigenvalue weighted by molar-refractivity contribution is 7.85. The van der Waals surface area contributed by atoms with E-state index in [0.29, 0.717) is 17.4 Å². The third kappa shape index (κ3) is 4.56. The van der Waals surface area contributed by atoms with Crippen molar-refractivity contribution in [2.45, 2.75) is 0 Å². The lowest BCUT2D eigenvalue weighted by atomic mass is 10.9. The van der Waals surface area contributed by atoms with Crippen LogP contribution in [0.15, 0.2) is 0 Å². The second kappa shape index (κ2) is 5.54. The Bertz CT molecular complexity index is 68.4. The SMILES string of the molecule is O=S(CCO)CCCl. The highest BCUT2D eigenvalue weighted by atomic mass is 35.5. The molecule has 0 aromatic heterocycles. The van der Waals surface area contributed by atoms with E-state index in [1.54, 1.807) is 0 Å². The van der Waals surface area contributed by atoms with Gasteiger partial charge >= 0.3 is 0 Å². The van der Waals surface area contributed by atoms with Gasteiger partial charge in [0.25, 0.3) is 0 Å². The summed E-state index contributed by atoms with van der Waals surface area (Å²) in [6.45, 7) is -0.0104. The van der Waals surface area contributed by atoms with Crippen molar-refractivity contribution >= 4 is 22.4 Å². The Labute approximate surface area is 56.3 Å². The third-order valence-corrected chi connectivity index (χ3v) is 2.33. The molecule has 0 aromatic rings. The molecule has 0 aromatic carbocycles. The lowest BCUT2D eigenvalue weighted by Crippen LogP contribution is -2.06. The Morgan fingerprint density at radius 2 is 2.12 bits per heavy atom. The molecule has 0 aliphatic carbocycles. The molecule has 1 atom stereocenters. The van der Waals surface area contributed by atoms with Gasteiger partial charge in [-0.05, 0) is 0 Å². The van der Waals surface area contributed by atoms with Crippen molar-refractivity contribution in [1.29, 1.82) is 0 Å². The smallest absolute Gasteiger partial charge is 0.0546 e. The van der Waals surface area contributed by atoms with Crippen LogP contribution in [0.2, 0.25) is 0 Å². The molecule has 0 bridgehead atoms. The molecule has 0 saturated carbocycles. The highest BCUT2D eigenvalue weighted by Crippen LogP contribution is 1.83. The summed E-state index contributed by atoms with van der Waals surface area (Å²) in [4.78, 5) is 0. The summed E-state index contributed by atoms with van der Waals surface area (Å²) in [5.74, 6) is 1.25. The van der Waals surface area contributed by atoms with Crippen LogP contribution in [0.25, 0.3) is 0 Å². The molecule has 0 rings (SSSR count). The van der Waals surface area contributed by atoms with Gasteiger partial charge in [-0.25, -0.2) is 0 Å². The van der Waals surface area contributed by atoms with Crippen molar-refractivity contribution in [3.8, 4) is 0 Å². The molecule has 0 amide bonds. The quantitative estimate of drug-likeness (QED) is 0.581. The number of aliphatic hydroxyl groups excluding tert-OH is 1. The predicted molar refractivity (Wildman–Crippen MR) is 35.7 cm³/mol. The van der Waals surface area contributed by atoms with Crippen LogP contribution in [0.5, 0.6) is 0 Å². The Hall–Kier alpha value is 0.400. The van der Waals surface area contributed by atoms with Crippen molar-refractivity contribution in [3.05, 3.63) is 0 Å². The Kier molecular flexibility index (Phi) is 5.81. The van der Waals surface area contributed by atoms with Crippen LogP contribution < -0.4 is 0 Å². The Morgan fingerprint density at radius 3 is 2.50 bits per heavy atom.